The number of pyridine rings is 1. The monoisotopic (exact) mass is 360 g/mol. The van der Waals surface area contributed by atoms with Gasteiger partial charge in [-0.3, -0.25) is 19.3 Å². The number of hydrogen-bond acceptors (Lipinski definition) is 3. The Hall–Kier alpha value is -3.21. The highest BCUT2D eigenvalue weighted by atomic mass is 16.2. The molecule has 0 bridgehead atoms. The Balaban J connectivity index is 1.58. The quantitative estimate of drug-likeness (QED) is 0.671. The molecule has 5 heteroatoms. The average molecular weight is 360 g/mol. The number of carbonyl (C=O) groups is 2. The smallest absolute Gasteiger partial charge is 0.261 e. The highest BCUT2D eigenvalue weighted by molar-refractivity contribution is 6.21. The van der Waals surface area contributed by atoms with Crippen LogP contribution in [0.1, 0.15) is 38.3 Å². The lowest BCUT2D eigenvalue weighted by Gasteiger charge is -2.17. The van der Waals surface area contributed by atoms with Crippen LogP contribution < -0.4 is 5.56 Å². The van der Waals surface area contributed by atoms with Crippen LogP contribution in [-0.2, 0) is 6.54 Å². The van der Waals surface area contributed by atoms with Crippen LogP contribution in [0.15, 0.2) is 53.3 Å². The summed E-state index contributed by atoms with van der Waals surface area (Å²) in [4.78, 5) is 38.8. The van der Waals surface area contributed by atoms with Crippen LogP contribution in [0.5, 0.6) is 0 Å². The maximum absolute atomic E-state index is 12.6. The van der Waals surface area contributed by atoms with Gasteiger partial charge >= 0.3 is 0 Å². The summed E-state index contributed by atoms with van der Waals surface area (Å²) >= 11 is 0. The summed E-state index contributed by atoms with van der Waals surface area (Å²) < 4.78 is 1.75. The van der Waals surface area contributed by atoms with Gasteiger partial charge in [-0.1, -0.05) is 30.3 Å². The second-order valence-corrected chi connectivity index (χ2v) is 6.95. The molecule has 136 valence electrons. The molecule has 0 N–H and O–H groups in total. The van der Waals surface area contributed by atoms with Gasteiger partial charge in [-0.05, 0) is 43.5 Å². The van der Waals surface area contributed by atoms with Gasteiger partial charge in [0.15, 0.2) is 0 Å². The van der Waals surface area contributed by atoms with Gasteiger partial charge in [0.05, 0.1) is 16.6 Å². The van der Waals surface area contributed by atoms with E-state index in [9.17, 15) is 14.4 Å². The number of aromatic nitrogens is 1. The van der Waals surface area contributed by atoms with Crippen molar-refractivity contribution >= 4 is 22.7 Å². The Morgan fingerprint density at radius 3 is 2.11 bits per heavy atom. The van der Waals surface area contributed by atoms with Gasteiger partial charge < -0.3 is 4.57 Å². The van der Waals surface area contributed by atoms with Crippen LogP contribution in [-0.4, -0.2) is 27.8 Å². The predicted molar refractivity (Wildman–Crippen MR) is 104 cm³/mol. The van der Waals surface area contributed by atoms with Gasteiger partial charge in [0.1, 0.15) is 0 Å². The van der Waals surface area contributed by atoms with Gasteiger partial charge in [-0.15, -0.1) is 0 Å². The third-order valence-corrected chi connectivity index (χ3v) is 5.18. The molecule has 0 fully saturated rings. The molecular weight excluding hydrogens is 340 g/mol. The van der Waals surface area contributed by atoms with Crippen molar-refractivity contribution in [3.8, 4) is 0 Å². The average Bonchev–Trinajstić information content (AvgIpc) is 2.90. The lowest BCUT2D eigenvalue weighted by atomic mass is 10.1. The Morgan fingerprint density at radius 2 is 1.44 bits per heavy atom. The van der Waals surface area contributed by atoms with E-state index < -0.39 is 0 Å². The molecule has 0 radical (unpaired) electrons. The largest absolute Gasteiger partial charge is 0.308 e. The van der Waals surface area contributed by atoms with E-state index in [0.29, 0.717) is 30.6 Å². The number of hydrogen-bond donors (Lipinski definition) is 0. The molecule has 0 unspecified atom stereocenters. The number of rotatable bonds is 4. The number of imide groups is 1. The van der Waals surface area contributed by atoms with Crippen LogP contribution in [0.3, 0.4) is 0 Å². The minimum absolute atomic E-state index is 0.0586. The van der Waals surface area contributed by atoms with Crippen LogP contribution in [0.25, 0.3) is 10.9 Å². The number of carbonyl (C=O) groups excluding carboxylic acids is 2. The Morgan fingerprint density at radius 1 is 0.778 bits per heavy atom. The second kappa shape index (κ2) is 6.50. The van der Waals surface area contributed by atoms with Crippen molar-refractivity contribution in [3.63, 3.8) is 0 Å². The summed E-state index contributed by atoms with van der Waals surface area (Å²) in [6.07, 6.45) is 0.526. The van der Waals surface area contributed by atoms with E-state index >= 15 is 0 Å². The minimum atomic E-state index is -0.257. The number of nitrogens with zero attached hydrogens (tertiary/aromatic N) is 2. The standard InChI is InChI=1S/C22H20N2O3/c1-14-7-5-10-16-15(2)13-19(25)23(20(14)16)11-6-12-24-21(26)17-8-3-4-9-18(17)22(24)27/h3-5,7-10,13H,6,11-12H2,1-2H3. The van der Waals surface area contributed by atoms with E-state index in [4.69, 9.17) is 0 Å². The zero-order chi connectivity index (χ0) is 19.1. The highest BCUT2D eigenvalue weighted by Gasteiger charge is 2.34. The lowest BCUT2D eigenvalue weighted by Crippen LogP contribution is -2.32. The minimum Gasteiger partial charge on any atom is -0.308 e. The van der Waals surface area contributed by atoms with Crippen molar-refractivity contribution in [2.75, 3.05) is 6.54 Å². The Bertz CT molecular complexity index is 1110. The summed E-state index contributed by atoms with van der Waals surface area (Å²) in [5.74, 6) is -0.513. The lowest BCUT2D eigenvalue weighted by molar-refractivity contribution is 0.0651. The van der Waals surface area contributed by atoms with E-state index in [-0.39, 0.29) is 17.4 Å². The van der Waals surface area contributed by atoms with Gasteiger partial charge in [0.2, 0.25) is 0 Å². The molecule has 1 aliphatic rings. The van der Waals surface area contributed by atoms with Crippen LogP contribution in [0.4, 0.5) is 0 Å². The van der Waals surface area contributed by atoms with E-state index in [1.807, 2.05) is 32.0 Å². The molecule has 2 aromatic carbocycles. The van der Waals surface area contributed by atoms with Crippen LogP contribution >= 0.6 is 0 Å². The molecule has 27 heavy (non-hydrogen) atoms. The van der Waals surface area contributed by atoms with Crippen molar-refractivity contribution in [1.82, 2.24) is 9.47 Å². The first-order chi connectivity index (χ1) is 13.0. The second-order valence-electron chi connectivity index (χ2n) is 6.95. The SMILES string of the molecule is Cc1cc(=O)n(CCCN2C(=O)c3ccccc3C2=O)c2c(C)cccc12. The van der Waals surface area contributed by atoms with Gasteiger partial charge in [0, 0.05) is 24.5 Å². The van der Waals surface area contributed by atoms with Crippen LogP contribution in [0, 0.1) is 13.8 Å². The van der Waals surface area contributed by atoms with Crippen LogP contribution in [0.2, 0.25) is 0 Å². The Labute approximate surface area is 156 Å². The molecule has 2 heterocycles. The molecular formula is C22H20N2O3. The normalized spacial score (nSPS) is 13.5. The van der Waals surface area contributed by atoms with Gasteiger partial charge in [-0.2, -0.15) is 0 Å². The fraction of sp³-hybridized carbons (Fsp3) is 0.227. The molecule has 3 aromatic rings. The first-order valence-corrected chi connectivity index (χ1v) is 9.04. The first kappa shape index (κ1) is 17.2. The van der Waals surface area contributed by atoms with Gasteiger partial charge in [0.25, 0.3) is 17.4 Å². The fourth-order valence-electron chi connectivity index (χ4n) is 3.84. The molecule has 0 saturated carbocycles. The summed E-state index contributed by atoms with van der Waals surface area (Å²) in [5, 5.41) is 1.05. The van der Waals surface area contributed by atoms with Gasteiger partial charge in [-0.25, -0.2) is 0 Å². The maximum atomic E-state index is 12.6. The summed E-state index contributed by atoms with van der Waals surface area (Å²) in [5.41, 5.74) is 3.76. The Kier molecular flexibility index (Phi) is 4.15. The molecule has 5 nitrogen and oxygen atoms in total. The molecule has 0 spiro atoms. The molecule has 2 amide bonds. The maximum Gasteiger partial charge on any atom is 0.261 e. The molecule has 4 rings (SSSR count). The van der Waals surface area contributed by atoms with E-state index in [1.54, 1.807) is 34.9 Å². The highest BCUT2D eigenvalue weighted by Crippen LogP contribution is 2.23. The van der Waals surface area contributed by atoms with E-state index in [0.717, 1.165) is 22.0 Å². The molecule has 0 atom stereocenters. The predicted octanol–water partition coefficient (Wildman–Crippen LogP) is 3.30. The van der Waals surface area contributed by atoms with Crippen molar-refractivity contribution in [3.05, 3.63) is 81.1 Å². The first-order valence-electron chi connectivity index (χ1n) is 9.04. The zero-order valence-corrected chi connectivity index (χ0v) is 15.4. The summed E-state index contributed by atoms with van der Waals surface area (Å²) in [7, 11) is 0. The number of para-hydroxylation sites is 1. The van der Waals surface area contributed by atoms with Crippen molar-refractivity contribution < 1.29 is 9.59 Å². The molecule has 1 aliphatic heterocycles. The van der Waals surface area contributed by atoms with E-state index in [2.05, 4.69) is 0 Å². The molecule has 0 saturated heterocycles. The molecule has 1 aromatic heterocycles. The number of amides is 2. The van der Waals surface area contributed by atoms with Crippen molar-refractivity contribution in [2.24, 2.45) is 0 Å². The van der Waals surface area contributed by atoms with Crippen molar-refractivity contribution in [2.45, 2.75) is 26.8 Å². The number of aryl methyl sites for hydroxylation is 3. The molecule has 0 aliphatic carbocycles. The third-order valence-electron chi connectivity index (χ3n) is 5.18. The number of fused-ring (bicyclic) bond motifs is 2. The van der Waals surface area contributed by atoms with E-state index in [1.165, 1.54) is 4.90 Å². The summed E-state index contributed by atoms with van der Waals surface area (Å²) in [6.45, 7) is 4.67. The number of benzene rings is 2. The third kappa shape index (κ3) is 2.76. The summed E-state index contributed by atoms with van der Waals surface area (Å²) in [6, 6.07) is 14.5. The topological polar surface area (TPSA) is 59.4 Å². The zero-order valence-electron chi connectivity index (χ0n) is 15.4. The fourth-order valence-corrected chi connectivity index (χ4v) is 3.84. The van der Waals surface area contributed by atoms with Crippen molar-refractivity contribution in [1.29, 1.82) is 0 Å².